The second-order valence-electron chi connectivity index (χ2n) is 7.25. The largest absolute Gasteiger partial charge is 0.507 e. The molecule has 33 heavy (non-hydrogen) atoms. The fraction of sp³-hybridized carbons (Fsp3) is 0.261. The van der Waals surface area contributed by atoms with Gasteiger partial charge in [0.15, 0.2) is 18.1 Å². The van der Waals surface area contributed by atoms with Crippen molar-refractivity contribution in [1.82, 2.24) is 5.32 Å². The van der Waals surface area contributed by atoms with Gasteiger partial charge in [-0.2, -0.15) is 0 Å². The van der Waals surface area contributed by atoms with Crippen LogP contribution in [0.25, 0.3) is 22.1 Å². The van der Waals surface area contributed by atoms with Crippen molar-refractivity contribution < 1.29 is 38.1 Å². The number of carbonyl (C=O) groups is 2. The SMILES string of the molecule is COC(=O)[C@@H](C)NC(=O)COc1cc(O)c2c(=O)c(-c3ccc4c(c3)OCCO4)coc2c1. The molecule has 0 bridgehead atoms. The average Bonchev–Trinajstić information content (AvgIpc) is 2.81. The number of nitrogens with one attached hydrogen (secondary N) is 1. The number of phenols is 1. The van der Waals surface area contributed by atoms with Gasteiger partial charge in [0.1, 0.15) is 48.0 Å². The van der Waals surface area contributed by atoms with Gasteiger partial charge in [-0.05, 0) is 24.6 Å². The molecule has 0 radical (unpaired) electrons. The minimum absolute atomic E-state index is 0.0292. The summed E-state index contributed by atoms with van der Waals surface area (Å²) in [6.45, 7) is 1.91. The third-order valence-electron chi connectivity index (χ3n) is 4.99. The van der Waals surface area contributed by atoms with Gasteiger partial charge in [0.2, 0.25) is 5.43 Å². The zero-order chi connectivity index (χ0) is 23.5. The molecule has 0 saturated heterocycles. The number of aromatic hydroxyl groups is 1. The molecule has 1 aliphatic heterocycles. The number of amides is 1. The van der Waals surface area contributed by atoms with Gasteiger partial charge in [0.25, 0.3) is 5.91 Å². The maximum atomic E-state index is 13.1. The van der Waals surface area contributed by atoms with Crippen LogP contribution in [-0.2, 0) is 14.3 Å². The zero-order valence-electron chi connectivity index (χ0n) is 17.9. The summed E-state index contributed by atoms with van der Waals surface area (Å²) < 4.78 is 26.5. The number of hydrogen-bond donors (Lipinski definition) is 2. The molecule has 0 unspecified atom stereocenters. The molecule has 1 amide bonds. The van der Waals surface area contributed by atoms with Gasteiger partial charge in [-0.15, -0.1) is 0 Å². The lowest BCUT2D eigenvalue weighted by Crippen LogP contribution is -2.41. The van der Waals surface area contributed by atoms with Gasteiger partial charge in [0.05, 0.1) is 12.7 Å². The molecule has 10 nitrogen and oxygen atoms in total. The molecule has 0 fully saturated rings. The van der Waals surface area contributed by atoms with Crippen molar-refractivity contribution in [1.29, 1.82) is 0 Å². The van der Waals surface area contributed by atoms with Crippen LogP contribution in [0.4, 0.5) is 0 Å². The second-order valence-corrected chi connectivity index (χ2v) is 7.25. The average molecular weight is 455 g/mol. The zero-order valence-corrected chi connectivity index (χ0v) is 17.9. The van der Waals surface area contributed by atoms with E-state index in [9.17, 15) is 19.5 Å². The van der Waals surface area contributed by atoms with E-state index in [-0.39, 0.29) is 28.0 Å². The summed E-state index contributed by atoms with van der Waals surface area (Å²) >= 11 is 0. The first-order chi connectivity index (χ1) is 15.9. The molecule has 172 valence electrons. The smallest absolute Gasteiger partial charge is 0.328 e. The van der Waals surface area contributed by atoms with Crippen molar-refractivity contribution in [3.63, 3.8) is 0 Å². The van der Waals surface area contributed by atoms with Crippen LogP contribution in [0.5, 0.6) is 23.0 Å². The van der Waals surface area contributed by atoms with Crippen LogP contribution < -0.4 is 25.0 Å². The first-order valence-electron chi connectivity index (χ1n) is 10.1. The lowest BCUT2D eigenvalue weighted by molar-refractivity contribution is -0.144. The van der Waals surface area contributed by atoms with E-state index in [0.717, 1.165) is 0 Å². The number of rotatable bonds is 6. The standard InChI is InChI=1S/C23H21NO9/c1-12(23(28)29-2)24-20(26)11-32-14-8-16(25)21-19(9-14)33-10-15(22(21)27)13-3-4-17-18(7-13)31-6-5-30-17/h3-4,7-10,12,25H,5-6,11H2,1-2H3,(H,24,26)/t12-/m1/s1. The van der Waals surface area contributed by atoms with E-state index in [1.807, 2.05) is 0 Å². The molecular weight excluding hydrogens is 434 g/mol. The van der Waals surface area contributed by atoms with Crippen molar-refractivity contribution in [2.45, 2.75) is 13.0 Å². The van der Waals surface area contributed by atoms with E-state index >= 15 is 0 Å². The predicted molar refractivity (Wildman–Crippen MR) is 116 cm³/mol. The fourth-order valence-electron chi connectivity index (χ4n) is 3.37. The lowest BCUT2D eigenvalue weighted by atomic mass is 10.0. The molecule has 0 aliphatic carbocycles. The van der Waals surface area contributed by atoms with E-state index in [1.54, 1.807) is 18.2 Å². The second kappa shape index (κ2) is 9.11. The molecule has 10 heteroatoms. The highest BCUT2D eigenvalue weighted by molar-refractivity contribution is 5.88. The van der Waals surface area contributed by atoms with Crippen LogP contribution in [0, 0.1) is 0 Å². The quantitative estimate of drug-likeness (QED) is 0.535. The predicted octanol–water partition coefficient (Wildman–Crippen LogP) is 1.99. The van der Waals surface area contributed by atoms with Crippen LogP contribution in [0.3, 0.4) is 0 Å². The van der Waals surface area contributed by atoms with E-state index in [4.69, 9.17) is 18.6 Å². The van der Waals surface area contributed by atoms with E-state index in [0.29, 0.717) is 30.3 Å². The van der Waals surface area contributed by atoms with Gasteiger partial charge >= 0.3 is 5.97 Å². The number of hydrogen-bond acceptors (Lipinski definition) is 9. The molecule has 3 aromatic rings. The van der Waals surface area contributed by atoms with Crippen LogP contribution in [0.2, 0.25) is 0 Å². The van der Waals surface area contributed by atoms with Crippen molar-refractivity contribution in [3.8, 4) is 34.1 Å². The third-order valence-corrected chi connectivity index (χ3v) is 4.99. The summed E-state index contributed by atoms with van der Waals surface area (Å²) in [7, 11) is 1.21. The fourth-order valence-corrected chi connectivity index (χ4v) is 3.37. The van der Waals surface area contributed by atoms with Crippen molar-refractivity contribution in [3.05, 3.63) is 46.8 Å². The highest BCUT2D eigenvalue weighted by Crippen LogP contribution is 2.35. The van der Waals surface area contributed by atoms with Crippen molar-refractivity contribution in [2.75, 3.05) is 26.9 Å². The first kappa shape index (κ1) is 22.0. The van der Waals surface area contributed by atoms with Crippen LogP contribution in [0.15, 0.2) is 45.8 Å². The van der Waals surface area contributed by atoms with Crippen LogP contribution in [-0.4, -0.2) is 50.0 Å². The van der Waals surface area contributed by atoms with Crippen molar-refractivity contribution >= 4 is 22.8 Å². The number of esters is 1. The summed E-state index contributed by atoms with van der Waals surface area (Å²) in [5.74, 6) is -0.309. The third kappa shape index (κ3) is 4.54. The molecule has 1 aliphatic rings. The molecule has 2 N–H and O–H groups in total. The van der Waals surface area contributed by atoms with E-state index in [2.05, 4.69) is 10.1 Å². The molecule has 0 spiro atoms. The van der Waals surface area contributed by atoms with Crippen molar-refractivity contribution in [2.24, 2.45) is 0 Å². The Bertz CT molecular complexity index is 1280. The Labute approximate surface area is 187 Å². The van der Waals surface area contributed by atoms with Crippen LogP contribution >= 0.6 is 0 Å². The molecule has 2 aromatic carbocycles. The highest BCUT2D eigenvalue weighted by atomic mass is 16.6. The monoisotopic (exact) mass is 455 g/mol. The number of carbonyl (C=O) groups excluding carboxylic acids is 2. The summed E-state index contributed by atoms with van der Waals surface area (Å²) in [6.07, 6.45) is 1.28. The number of ether oxygens (including phenoxy) is 4. The maximum Gasteiger partial charge on any atom is 0.328 e. The molecule has 2 heterocycles. The van der Waals surface area contributed by atoms with Gasteiger partial charge in [0, 0.05) is 12.1 Å². The Morgan fingerprint density at radius 1 is 1.15 bits per heavy atom. The minimum atomic E-state index is -0.840. The molecule has 0 saturated carbocycles. The molecule has 1 atom stereocenters. The van der Waals surface area contributed by atoms with E-state index in [1.165, 1.54) is 32.4 Å². The Morgan fingerprint density at radius 3 is 2.67 bits per heavy atom. The van der Waals surface area contributed by atoms with Gasteiger partial charge < -0.3 is 33.8 Å². The Balaban J connectivity index is 1.56. The Morgan fingerprint density at radius 2 is 1.91 bits per heavy atom. The number of fused-ring (bicyclic) bond motifs is 2. The van der Waals surface area contributed by atoms with Gasteiger partial charge in [-0.25, -0.2) is 4.79 Å². The van der Waals surface area contributed by atoms with Gasteiger partial charge in [-0.1, -0.05) is 6.07 Å². The Hall–Kier alpha value is -4.21. The summed E-state index contributed by atoms with van der Waals surface area (Å²) in [5, 5.41) is 12.9. The number of phenolic OH excluding ortho intramolecular Hbond substituents is 1. The molecule has 1 aromatic heterocycles. The summed E-state index contributed by atoms with van der Waals surface area (Å²) in [5.41, 5.74) is 0.423. The van der Waals surface area contributed by atoms with Gasteiger partial charge in [-0.3, -0.25) is 9.59 Å². The number of benzene rings is 2. The highest BCUT2D eigenvalue weighted by Gasteiger charge is 2.19. The Kier molecular flexibility index (Phi) is 6.07. The normalized spacial score (nSPS) is 13.3. The molecular formula is C23H21NO9. The summed E-state index contributed by atoms with van der Waals surface area (Å²) in [4.78, 5) is 36.4. The molecule has 4 rings (SSSR count). The van der Waals surface area contributed by atoms with Crippen LogP contribution in [0.1, 0.15) is 6.92 Å². The topological polar surface area (TPSA) is 134 Å². The van der Waals surface area contributed by atoms with E-state index < -0.39 is 30.0 Å². The number of methoxy groups -OCH3 is 1. The maximum absolute atomic E-state index is 13.1. The first-order valence-corrected chi connectivity index (χ1v) is 10.1. The summed E-state index contributed by atoms with van der Waals surface area (Å²) in [6, 6.07) is 6.85. The lowest BCUT2D eigenvalue weighted by Gasteiger charge is -2.18. The minimum Gasteiger partial charge on any atom is -0.507 e.